The quantitative estimate of drug-likeness (QED) is 0.789. The smallest absolute Gasteiger partial charge is 0.304 e. The van der Waals surface area contributed by atoms with Crippen molar-refractivity contribution in [2.24, 2.45) is 0 Å². The van der Waals surface area contributed by atoms with Gasteiger partial charge in [0, 0.05) is 19.1 Å². The van der Waals surface area contributed by atoms with Gasteiger partial charge in [0.25, 0.3) is 0 Å². The molecule has 94 valence electrons. The van der Waals surface area contributed by atoms with Crippen molar-refractivity contribution in [3.8, 4) is 0 Å². The van der Waals surface area contributed by atoms with Crippen molar-refractivity contribution >= 4 is 5.97 Å². The predicted octanol–water partition coefficient (Wildman–Crippen LogP) is 2.41. The Morgan fingerprint density at radius 1 is 1.24 bits per heavy atom. The van der Waals surface area contributed by atoms with Crippen molar-refractivity contribution in [3.05, 3.63) is 35.9 Å². The lowest BCUT2D eigenvalue weighted by Gasteiger charge is -2.25. The molecule has 0 radical (unpaired) electrons. The third-order valence-corrected chi connectivity index (χ3v) is 2.87. The molecular weight excluding hydrogens is 214 g/mol. The van der Waals surface area contributed by atoms with E-state index >= 15 is 0 Å². The van der Waals surface area contributed by atoms with Gasteiger partial charge in [-0.2, -0.15) is 0 Å². The van der Waals surface area contributed by atoms with Crippen LogP contribution >= 0.6 is 0 Å². The van der Waals surface area contributed by atoms with Crippen LogP contribution in [0.2, 0.25) is 0 Å². The van der Waals surface area contributed by atoms with Crippen molar-refractivity contribution < 1.29 is 9.90 Å². The summed E-state index contributed by atoms with van der Waals surface area (Å²) in [5, 5.41) is 8.70. The minimum Gasteiger partial charge on any atom is -0.481 e. The van der Waals surface area contributed by atoms with Gasteiger partial charge in [-0.3, -0.25) is 4.79 Å². The standard InChI is InChI=1S/C14H21NO2/c1-12(2)15(11-9-14(16)17)10-8-13-6-4-3-5-7-13/h3-7,12H,8-11H2,1-2H3,(H,16,17). The van der Waals surface area contributed by atoms with Crippen LogP contribution in [-0.4, -0.2) is 35.1 Å². The Hall–Kier alpha value is -1.35. The van der Waals surface area contributed by atoms with Gasteiger partial charge in [0.15, 0.2) is 0 Å². The average molecular weight is 235 g/mol. The lowest BCUT2D eigenvalue weighted by Crippen LogP contribution is -2.34. The van der Waals surface area contributed by atoms with Gasteiger partial charge in [-0.1, -0.05) is 30.3 Å². The van der Waals surface area contributed by atoms with E-state index in [1.54, 1.807) is 0 Å². The van der Waals surface area contributed by atoms with Crippen molar-refractivity contribution in [3.63, 3.8) is 0 Å². The van der Waals surface area contributed by atoms with E-state index in [9.17, 15) is 4.79 Å². The molecule has 0 bridgehead atoms. The molecule has 1 aromatic rings. The fourth-order valence-corrected chi connectivity index (χ4v) is 1.78. The second kappa shape index (κ2) is 7.07. The van der Waals surface area contributed by atoms with Crippen LogP contribution in [0.5, 0.6) is 0 Å². The van der Waals surface area contributed by atoms with E-state index in [0.29, 0.717) is 12.6 Å². The molecule has 0 saturated carbocycles. The van der Waals surface area contributed by atoms with Crippen LogP contribution in [0, 0.1) is 0 Å². The highest BCUT2D eigenvalue weighted by Crippen LogP contribution is 2.05. The molecule has 0 aromatic heterocycles. The molecule has 0 unspecified atom stereocenters. The van der Waals surface area contributed by atoms with E-state index in [2.05, 4.69) is 30.9 Å². The first-order valence-corrected chi connectivity index (χ1v) is 6.09. The molecular formula is C14H21NO2. The summed E-state index contributed by atoms with van der Waals surface area (Å²) in [7, 11) is 0. The monoisotopic (exact) mass is 235 g/mol. The maximum Gasteiger partial charge on any atom is 0.304 e. The summed E-state index contributed by atoms with van der Waals surface area (Å²) in [6.45, 7) is 5.74. The predicted molar refractivity (Wildman–Crippen MR) is 69.1 cm³/mol. The minimum absolute atomic E-state index is 0.215. The van der Waals surface area contributed by atoms with Crippen LogP contribution in [0.4, 0.5) is 0 Å². The third-order valence-electron chi connectivity index (χ3n) is 2.87. The first kappa shape index (κ1) is 13.7. The van der Waals surface area contributed by atoms with E-state index in [1.165, 1.54) is 5.56 Å². The van der Waals surface area contributed by atoms with Crippen molar-refractivity contribution in [1.29, 1.82) is 0 Å². The molecule has 0 aliphatic carbocycles. The van der Waals surface area contributed by atoms with Crippen molar-refractivity contribution in [1.82, 2.24) is 4.90 Å². The lowest BCUT2D eigenvalue weighted by molar-refractivity contribution is -0.137. The molecule has 3 nitrogen and oxygen atoms in total. The summed E-state index contributed by atoms with van der Waals surface area (Å²) in [6, 6.07) is 10.7. The second-order valence-electron chi connectivity index (χ2n) is 4.51. The van der Waals surface area contributed by atoms with E-state index in [-0.39, 0.29) is 6.42 Å². The fraction of sp³-hybridized carbons (Fsp3) is 0.500. The number of carboxylic acids is 1. The topological polar surface area (TPSA) is 40.5 Å². The molecule has 0 fully saturated rings. The van der Waals surface area contributed by atoms with Gasteiger partial charge in [0.1, 0.15) is 0 Å². The maximum atomic E-state index is 10.6. The van der Waals surface area contributed by atoms with Gasteiger partial charge in [0.05, 0.1) is 6.42 Å². The van der Waals surface area contributed by atoms with E-state index in [0.717, 1.165) is 13.0 Å². The molecule has 0 saturated heterocycles. The van der Waals surface area contributed by atoms with E-state index in [1.807, 2.05) is 18.2 Å². The van der Waals surface area contributed by atoms with Crippen LogP contribution in [0.15, 0.2) is 30.3 Å². The second-order valence-corrected chi connectivity index (χ2v) is 4.51. The molecule has 0 amide bonds. The normalized spacial score (nSPS) is 11.1. The molecule has 0 atom stereocenters. The number of carboxylic acid groups (broad SMARTS) is 1. The number of rotatable bonds is 7. The minimum atomic E-state index is -0.727. The van der Waals surface area contributed by atoms with Gasteiger partial charge >= 0.3 is 5.97 Å². The zero-order valence-corrected chi connectivity index (χ0v) is 10.6. The molecule has 0 spiro atoms. The number of nitrogens with zero attached hydrogens (tertiary/aromatic N) is 1. The van der Waals surface area contributed by atoms with Crippen molar-refractivity contribution in [2.75, 3.05) is 13.1 Å². The zero-order chi connectivity index (χ0) is 12.7. The Labute approximate surface area is 103 Å². The highest BCUT2D eigenvalue weighted by molar-refractivity contribution is 5.66. The largest absolute Gasteiger partial charge is 0.481 e. The van der Waals surface area contributed by atoms with Crippen LogP contribution in [-0.2, 0) is 11.2 Å². The highest BCUT2D eigenvalue weighted by Gasteiger charge is 2.10. The number of aliphatic carboxylic acids is 1. The molecule has 0 aliphatic rings. The Bertz CT molecular complexity index is 335. The maximum absolute atomic E-state index is 10.6. The molecule has 0 heterocycles. The number of hydrogen-bond acceptors (Lipinski definition) is 2. The summed E-state index contributed by atoms with van der Waals surface area (Å²) in [5.74, 6) is -0.727. The van der Waals surface area contributed by atoms with E-state index in [4.69, 9.17) is 5.11 Å². The first-order chi connectivity index (χ1) is 8.09. The molecule has 3 heteroatoms. The summed E-state index contributed by atoms with van der Waals surface area (Å²) in [4.78, 5) is 12.8. The number of hydrogen-bond donors (Lipinski definition) is 1. The molecule has 1 rings (SSSR count). The Kier molecular flexibility index (Phi) is 5.70. The first-order valence-electron chi connectivity index (χ1n) is 6.09. The summed E-state index contributed by atoms with van der Waals surface area (Å²) >= 11 is 0. The van der Waals surface area contributed by atoms with Gasteiger partial charge in [-0.05, 0) is 25.8 Å². The third kappa shape index (κ3) is 5.50. The van der Waals surface area contributed by atoms with Crippen LogP contribution in [0.25, 0.3) is 0 Å². The van der Waals surface area contributed by atoms with Gasteiger partial charge in [-0.25, -0.2) is 0 Å². The lowest BCUT2D eigenvalue weighted by atomic mass is 10.1. The number of benzene rings is 1. The Balaban J connectivity index is 2.42. The van der Waals surface area contributed by atoms with E-state index < -0.39 is 5.97 Å². The Morgan fingerprint density at radius 3 is 2.41 bits per heavy atom. The average Bonchev–Trinajstić information content (AvgIpc) is 2.29. The van der Waals surface area contributed by atoms with Crippen LogP contribution in [0.1, 0.15) is 25.8 Å². The van der Waals surface area contributed by atoms with Crippen LogP contribution in [0.3, 0.4) is 0 Å². The highest BCUT2D eigenvalue weighted by atomic mass is 16.4. The van der Waals surface area contributed by atoms with Crippen molar-refractivity contribution in [2.45, 2.75) is 32.7 Å². The van der Waals surface area contributed by atoms with Gasteiger partial charge < -0.3 is 10.0 Å². The molecule has 1 N–H and O–H groups in total. The summed E-state index contributed by atoms with van der Waals surface area (Å²) in [5.41, 5.74) is 1.30. The number of carbonyl (C=O) groups is 1. The molecule has 0 aliphatic heterocycles. The van der Waals surface area contributed by atoms with Crippen LogP contribution < -0.4 is 0 Å². The van der Waals surface area contributed by atoms with Gasteiger partial charge in [-0.15, -0.1) is 0 Å². The molecule has 1 aromatic carbocycles. The SMILES string of the molecule is CC(C)N(CCC(=O)O)CCc1ccccc1. The Morgan fingerprint density at radius 2 is 1.88 bits per heavy atom. The van der Waals surface area contributed by atoms with Gasteiger partial charge in [0.2, 0.25) is 0 Å². The summed E-state index contributed by atoms with van der Waals surface area (Å²) < 4.78 is 0. The molecule has 17 heavy (non-hydrogen) atoms. The zero-order valence-electron chi connectivity index (χ0n) is 10.6. The fourth-order valence-electron chi connectivity index (χ4n) is 1.78. The summed E-state index contributed by atoms with van der Waals surface area (Å²) in [6.07, 6.45) is 1.19.